The van der Waals surface area contributed by atoms with E-state index in [1.807, 2.05) is 11.8 Å². The first kappa shape index (κ1) is 27.4. The molecule has 0 unspecified atom stereocenters. The maximum Gasteiger partial charge on any atom is 0.123 e. The van der Waals surface area contributed by atoms with E-state index in [9.17, 15) is 5.11 Å². The predicted octanol–water partition coefficient (Wildman–Crippen LogP) is 9.40. The van der Waals surface area contributed by atoms with E-state index in [-0.39, 0.29) is 10.8 Å². The van der Waals surface area contributed by atoms with Gasteiger partial charge in [0.1, 0.15) is 5.75 Å². The summed E-state index contributed by atoms with van der Waals surface area (Å²) < 4.78 is 0. The number of nitrogens with one attached hydrogen (secondary N) is 2. The Hall–Kier alpha value is -2.59. The van der Waals surface area contributed by atoms with Gasteiger partial charge in [0.25, 0.3) is 0 Å². The van der Waals surface area contributed by atoms with Crippen molar-refractivity contribution in [3.8, 4) is 5.75 Å². The lowest BCUT2D eigenvalue weighted by atomic mass is 9.79. The van der Waals surface area contributed by atoms with Crippen molar-refractivity contribution in [1.82, 2.24) is 0 Å². The number of rotatable bonds is 9. The Morgan fingerprint density at radius 1 is 0.784 bits per heavy atom. The average molecular weight is 517 g/mol. The average Bonchev–Trinajstić information content (AvgIpc) is 2.83. The SMILES string of the molecule is CC(C)(C)c1cc(SCCCCCCNc2ccc3c(c2)Cc2ccccc2N3)cc(C(C)(C)C)c1O. The van der Waals surface area contributed by atoms with E-state index in [0.29, 0.717) is 5.75 Å². The zero-order valence-corrected chi connectivity index (χ0v) is 24.3. The summed E-state index contributed by atoms with van der Waals surface area (Å²) in [5.74, 6) is 1.59. The highest BCUT2D eigenvalue weighted by Crippen LogP contribution is 2.42. The Morgan fingerprint density at radius 3 is 2.14 bits per heavy atom. The van der Waals surface area contributed by atoms with Crippen molar-refractivity contribution in [3.63, 3.8) is 0 Å². The van der Waals surface area contributed by atoms with Crippen LogP contribution >= 0.6 is 11.8 Å². The molecule has 37 heavy (non-hydrogen) atoms. The number of thioether (sulfide) groups is 1. The number of phenols is 1. The monoisotopic (exact) mass is 516 g/mol. The van der Waals surface area contributed by atoms with Gasteiger partial charge in [-0.2, -0.15) is 0 Å². The van der Waals surface area contributed by atoms with Crippen LogP contribution in [0.4, 0.5) is 17.1 Å². The molecule has 4 rings (SSSR count). The van der Waals surface area contributed by atoms with Crippen molar-refractivity contribution in [1.29, 1.82) is 0 Å². The molecule has 3 N–H and O–H groups in total. The normalized spacial score (nSPS) is 13.0. The predicted molar refractivity (Wildman–Crippen MR) is 162 cm³/mol. The fourth-order valence-corrected chi connectivity index (χ4v) is 5.94. The molecule has 0 spiro atoms. The molecule has 4 heteroatoms. The van der Waals surface area contributed by atoms with Crippen LogP contribution in [0.25, 0.3) is 0 Å². The van der Waals surface area contributed by atoms with Gasteiger partial charge in [-0.15, -0.1) is 11.8 Å². The summed E-state index contributed by atoms with van der Waals surface area (Å²) in [4.78, 5) is 1.28. The summed E-state index contributed by atoms with van der Waals surface area (Å²) in [6, 6.07) is 19.6. The molecular formula is C33H44N2OS. The molecule has 1 aliphatic rings. The van der Waals surface area contributed by atoms with Crippen molar-refractivity contribution >= 4 is 28.8 Å². The van der Waals surface area contributed by atoms with Crippen LogP contribution < -0.4 is 10.6 Å². The van der Waals surface area contributed by atoms with Crippen LogP contribution in [0.1, 0.15) is 89.5 Å². The Balaban J connectivity index is 1.20. The maximum atomic E-state index is 10.9. The molecule has 0 fully saturated rings. The zero-order valence-electron chi connectivity index (χ0n) is 23.5. The largest absolute Gasteiger partial charge is 0.507 e. The van der Waals surface area contributed by atoms with Crippen LogP contribution in [-0.4, -0.2) is 17.4 Å². The van der Waals surface area contributed by atoms with Gasteiger partial charge in [0, 0.05) is 46.1 Å². The molecule has 3 aromatic carbocycles. The van der Waals surface area contributed by atoms with Crippen LogP contribution in [0.5, 0.6) is 5.75 Å². The summed E-state index contributed by atoms with van der Waals surface area (Å²) >= 11 is 1.93. The third-order valence-electron chi connectivity index (χ3n) is 7.14. The molecule has 198 valence electrons. The summed E-state index contributed by atoms with van der Waals surface area (Å²) in [7, 11) is 0. The minimum Gasteiger partial charge on any atom is -0.507 e. The smallest absolute Gasteiger partial charge is 0.123 e. The lowest BCUT2D eigenvalue weighted by Gasteiger charge is -2.28. The number of hydrogen-bond acceptors (Lipinski definition) is 4. The molecule has 0 saturated heterocycles. The van der Waals surface area contributed by atoms with Gasteiger partial charge in [-0.05, 0) is 76.9 Å². The number of para-hydroxylation sites is 1. The minimum absolute atomic E-state index is 0.0767. The minimum atomic E-state index is -0.0767. The Morgan fingerprint density at radius 2 is 1.43 bits per heavy atom. The number of phenolic OH excluding ortho intramolecular Hbond substituents is 1. The molecule has 3 aromatic rings. The van der Waals surface area contributed by atoms with Gasteiger partial charge in [0.05, 0.1) is 0 Å². The van der Waals surface area contributed by atoms with E-state index < -0.39 is 0 Å². The number of anilines is 3. The van der Waals surface area contributed by atoms with Crippen LogP contribution in [-0.2, 0) is 17.3 Å². The van der Waals surface area contributed by atoms with Crippen LogP contribution in [0.15, 0.2) is 59.5 Å². The van der Waals surface area contributed by atoms with Gasteiger partial charge in [-0.25, -0.2) is 0 Å². The summed E-state index contributed by atoms with van der Waals surface area (Å²) in [6.07, 6.45) is 5.87. The highest BCUT2D eigenvalue weighted by atomic mass is 32.2. The van der Waals surface area contributed by atoms with Crippen molar-refractivity contribution in [3.05, 3.63) is 76.9 Å². The molecule has 0 bridgehead atoms. The van der Waals surface area contributed by atoms with E-state index in [0.717, 1.165) is 29.8 Å². The van der Waals surface area contributed by atoms with E-state index >= 15 is 0 Å². The second-order valence-corrected chi connectivity index (χ2v) is 13.6. The van der Waals surface area contributed by atoms with Gasteiger partial charge in [-0.3, -0.25) is 0 Å². The molecular weight excluding hydrogens is 472 g/mol. The molecule has 0 radical (unpaired) electrons. The number of hydrogen-bond donors (Lipinski definition) is 3. The molecule has 0 aromatic heterocycles. The number of unbranched alkanes of at least 4 members (excludes halogenated alkanes) is 3. The topological polar surface area (TPSA) is 44.3 Å². The quantitative estimate of drug-likeness (QED) is 0.153. The molecule has 1 heterocycles. The lowest BCUT2D eigenvalue weighted by Crippen LogP contribution is -2.17. The van der Waals surface area contributed by atoms with Crippen LogP contribution in [0, 0.1) is 0 Å². The third-order valence-corrected chi connectivity index (χ3v) is 8.20. The van der Waals surface area contributed by atoms with E-state index in [2.05, 4.69) is 107 Å². The first-order valence-electron chi connectivity index (χ1n) is 13.7. The Bertz CT molecular complexity index is 1180. The fraction of sp³-hybridized carbons (Fsp3) is 0.455. The highest BCUT2D eigenvalue weighted by molar-refractivity contribution is 7.99. The van der Waals surface area contributed by atoms with Gasteiger partial charge < -0.3 is 15.7 Å². The summed E-state index contributed by atoms with van der Waals surface area (Å²) in [5, 5.41) is 18.1. The number of benzene rings is 3. The van der Waals surface area contributed by atoms with Crippen LogP contribution in [0.2, 0.25) is 0 Å². The van der Waals surface area contributed by atoms with Gasteiger partial charge in [-0.1, -0.05) is 72.6 Å². The van der Waals surface area contributed by atoms with Crippen molar-refractivity contribution in [2.75, 3.05) is 22.9 Å². The second-order valence-electron chi connectivity index (χ2n) is 12.4. The highest BCUT2D eigenvalue weighted by Gasteiger charge is 2.26. The first-order chi connectivity index (χ1) is 17.5. The first-order valence-corrected chi connectivity index (χ1v) is 14.7. The molecule has 0 saturated carbocycles. The lowest BCUT2D eigenvalue weighted by molar-refractivity contribution is 0.422. The van der Waals surface area contributed by atoms with Gasteiger partial charge in [0.2, 0.25) is 0 Å². The van der Waals surface area contributed by atoms with Crippen molar-refractivity contribution < 1.29 is 5.11 Å². The van der Waals surface area contributed by atoms with Gasteiger partial charge in [0.15, 0.2) is 0 Å². The molecule has 1 aliphatic heterocycles. The van der Waals surface area contributed by atoms with Crippen molar-refractivity contribution in [2.24, 2.45) is 0 Å². The Labute approximate surface area is 228 Å². The maximum absolute atomic E-state index is 10.9. The fourth-order valence-electron chi connectivity index (χ4n) is 4.96. The number of fused-ring (bicyclic) bond motifs is 2. The third kappa shape index (κ3) is 7.04. The standard InChI is InChI=1S/C33H44N2OS/c1-32(2,3)27-21-26(22-28(31(27)36)33(4,5)6)37-18-12-8-7-11-17-34-25-15-16-30-24(20-25)19-23-13-9-10-14-29(23)35-30/h9-10,13-16,20-22,34-36H,7-8,11-12,17-19H2,1-6H3. The van der Waals surface area contributed by atoms with E-state index in [1.165, 1.54) is 58.8 Å². The van der Waals surface area contributed by atoms with Gasteiger partial charge >= 0.3 is 0 Å². The zero-order chi connectivity index (χ0) is 26.6. The van der Waals surface area contributed by atoms with Crippen molar-refractivity contribution in [2.45, 2.75) is 89.4 Å². The molecule has 3 nitrogen and oxygen atoms in total. The molecule has 0 amide bonds. The van der Waals surface area contributed by atoms with E-state index in [1.54, 1.807) is 0 Å². The second kappa shape index (κ2) is 11.4. The number of aromatic hydroxyl groups is 1. The Kier molecular flexibility index (Phi) is 8.48. The summed E-state index contributed by atoms with van der Waals surface area (Å²) in [6.45, 7) is 14.1. The molecule has 0 atom stereocenters. The van der Waals surface area contributed by atoms with Crippen LogP contribution in [0.3, 0.4) is 0 Å². The summed E-state index contributed by atoms with van der Waals surface area (Å²) in [5.41, 5.74) is 8.33. The molecule has 0 aliphatic carbocycles. The van der Waals surface area contributed by atoms with E-state index in [4.69, 9.17) is 0 Å².